The number of hydrogen-bond donors (Lipinski definition) is 1. The van der Waals surface area contributed by atoms with Crippen molar-refractivity contribution in [3.8, 4) is 5.75 Å². The Kier molecular flexibility index (Phi) is 5.25. The normalized spacial score (nSPS) is 25.1. The first-order valence-corrected chi connectivity index (χ1v) is 7.64. The van der Waals surface area contributed by atoms with E-state index in [-0.39, 0.29) is 12.1 Å². The molecule has 0 radical (unpaired) electrons. The zero-order valence-electron chi connectivity index (χ0n) is 11.6. The predicted molar refractivity (Wildman–Crippen MR) is 80.4 cm³/mol. The Bertz CT molecular complexity index is 423. The molecule has 1 fully saturated rings. The van der Waals surface area contributed by atoms with E-state index in [0.717, 1.165) is 41.5 Å². The lowest BCUT2D eigenvalue weighted by atomic mass is 9.94. The highest BCUT2D eigenvalue weighted by Gasteiger charge is 2.24. The van der Waals surface area contributed by atoms with Crippen LogP contribution in [0.3, 0.4) is 0 Å². The molecule has 0 aliphatic heterocycles. The van der Waals surface area contributed by atoms with Gasteiger partial charge in [-0.05, 0) is 44.4 Å². The first-order valence-electron chi connectivity index (χ1n) is 6.84. The topological polar surface area (TPSA) is 44.5 Å². The maximum atomic E-state index is 6.15. The van der Waals surface area contributed by atoms with Gasteiger partial charge in [-0.3, -0.25) is 0 Å². The second-order valence-corrected chi connectivity index (χ2v) is 6.15. The fourth-order valence-corrected chi connectivity index (χ4v) is 2.96. The average Bonchev–Trinajstić information content (AvgIpc) is 2.41. The molecule has 1 saturated carbocycles. The van der Waals surface area contributed by atoms with Crippen LogP contribution in [0.2, 0.25) is 0 Å². The molecule has 1 aromatic carbocycles. The van der Waals surface area contributed by atoms with Gasteiger partial charge in [0.05, 0.1) is 6.10 Å². The molecule has 106 valence electrons. The average molecular weight is 328 g/mol. The number of hydrogen-bond acceptors (Lipinski definition) is 3. The van der Waals surface area contributed by atoms with Crippen LogP contribution < -0.4 is 10.5 Å². The summed E-state index contributed by atoms with van der Waals surface area (Å²) >= 11 is 3.48. The first kappa shape index (κ1) is 14.8. The van der Waals surface area contributed by atoms with Gasteiger partial charge in [-0.25, -0.2) is 0 Å². The quantitative estimate of drug-likeness (QED) is 0.914. The Balaban J connectivity index is 2.10. The minimum absolute atomic E-state index is 0.0330. The molecule has 0 spiro atoms. The van der Waals surface area contributed by atoms with E-state index in [1.54, 1.807) is 7.11 Å². The van der Waals surface area contributed by atoms with Gasteiger partial charge < -0.3 is 15.2 Å². The van der Waals surface area contributed by atoms with Crippen LogP contribution in [-0.2, 0) is 4.74 Å². The summed E-state index contributed by atoms with van der Waals surface area (Å²) in [6.07, 6.45) is 4.91. The lowest BCUT2D eigenvalue weighted by Crippen LogP contribution is -2.30. The Morgan fingerprint density at radius 3 is 2.74 bits per heavy atom. The Morgan fingerprint density at radius 2 is 2.05 bits per heavy atom. The van der Waals surface area contributed by atoms with E-state index in [1.165, 1.54) is 0 Å². The van der Waals surface area contributed by atoms with E-state index < -0.39 is 0 Å². The van der Waals surface area contributed by atoms with Crippen molar-refractivity contribution in [3.63, 3.8) is 0 Å². The smallest absolute Gasteiger partial charge is 0.124 e. The van der Waals surface area contributed by atoms with Gasteiger partial charge in [0.25, 0.3) is 0 Å². The number of methoxy groups -OCH3 is 1. The van der Waals surface area contributed by atoms with Crippen LogP contribution in [0.1, 0.15) is 44.2 Å². The van der Waals surface area contributed by atoms with Crippen LogP contribution in [0.25, 0.3) is 0 Å². The van der Waals surface area contributed by atoms with Gasteiger partial charge in [-0.2, -0.15) is 0 Å². The van der Waals surface area contributed by atoms with Crippen LogP contribution in [-0.4, -0.2) is 19.3 Å². The van der Waals surface area contributed by atoms with Crippen LogP contribution in [0.15, 0.2) is 22.7 Å². The molecule has 0 aromatic heterocycles. The van der Waals surface area contributed by atoms with Gasteiger partial charge in [-0.15, -0.1) is 0 Å². The van der Waals surface area contributed by atoms with Crippen molar-refractivity contribution in [1.82, 2.24) is 0 Å². The van der Waals surface area contributed by atoms with Gasteiger partial charge in [0.1, 0.15) is 11.9 Å². The van der Waals surface area contributed by atoms with Gasteiger partial charge in [0.2, 0.25) is 0 Å². The maximum absolute atomic E-state index is 6.15. The van der Waals surface area contributed by atoms with E-state index in [2.05, 4.69) is 15.9 Å². The molecule has 2 unspecified atom stereocenters. The number of nitrogens with two attached hydrogens (primary N) is 1. The second-order valence-electron chi connectivity index (χ2n) is 5.23. The summed E-state index contributed by atoms with van der Waals surface area (Å²) in [6, 6.07) is 6.00. The van der Waals surface area contributed by atoms with Crippen molar-refractivity contribution in [2.45, 2.75) is 50.9 Å². The fraction of sp³-hybridized carbons (Fsp3) is 0.600. The molecule has 19 heavy (non-hydrogen) atoms. The third-order valence-corrected chi connectivity index (χ3v) is 4.16. The van der Waals surface area contributed by atoms with Crippen LogP contribution in [0, 0.1) is 0 Å². The summed E-state index contributed by atoms with van der Waals surface area (Å²) in [5, 5.41) is 0. The highest BCUT2D eigenvalue weighted by Crippen LogP contribution is 2.31. The van der Waals surface area contributed by atoms with Crippen molar-refractivity contribution < 1.29 is 9.47 Å². The van der Waals surface area contributed by atoms with Crippen LogP contribution in [0.5, 0.6) is 5.75 Å². The molecule has 0 saturated heterocycles. The zero-order valence-corrected chi connectivity index (χ0v) is 13.2. The molecule has 2 rings (SSSR count). The molecule has 3 atom stereocenters. The number of rotatable bonds is 4. The van der Waals surface area contributed by atoms with Gasteiger partial charge in [0.15, 0.2) is 0 Å². The number of benzene rings is 1. The zero-order chi connectivity index (χ0) is 13.8. The molecule has 4 heteroatoms. The third-order valence-electron chi connectivity index (χ3n) is 3.67. The number of halogens is 1. The summed E-state index contributed by atoms with van der Waals surface area (Å²) in [6.45, 7) is 1.98. The molecule has 0 bridgehead atoms. The summed E-state index contributed by atoms with van der Waals surface area (Å²) in [5.74, 6) is 0.903. The van der Waals surface area contributed by atoms with Crippen molar-refractivity contribution in [3.05, 3.63) is 28.2 Å². The largest absolute Gasteiger partial charge is 0.490 e. The summed E-state index contributed by atoms with van der Waals surface area (Å²) in [5.41, 5.74) is 7.07. The van der Waals surface area contributed by atoms with Crippen molar-refractivity contribution >= 4 is 15.9 Å². The van der Waals surface area contributed by atoms with E-state index in [1.807, 2.05) is 25.1 Å². The van der Waals surface area contributed by atoms with Crippen molar-refractivity contribution in [2.75, 3.05) is 7.11 Å². The summed E-state index contributed by atoms with van der Waals surface area (Å²) < 4.78 is 12.6. The number of ether oxygens (including phenoxy) is 2. The Hall–Kier alpha value is -0.580. The van der Waals surface area contributed by atoms with Gasteiger partial charge >= 0.3 is 0 Å². The SMILES string of the molecule is COC1CCCC(Oc2ccc(Br)cc2[C@H](C)N)C1. The Morgan fingerprint density at radius 1 is 1.32 bits per heavy atom. The van der Waals surface area contributed by atoms with E-state index in [4.69, 9.17) is 15.2 Å². The molecule has 2 N–H and O–H groups in total. The van der Waals surface area contributed by atoms with E-state index in [9.17, 15) is 0 Å². The molecule has 0 heterocycles. The molecule has 3 nitrogen and oxygen atoms in total. The third kappa shape index (κ3) is 3.94. The van der Waals surface area contributed by atoms with Crippen molar-refractivity contribution in [2.24, 2.45) is 5.73 Å². The van der Waals surface area contributed by atoms with E-state index >= 15 is 0 Å². The lowest BCUT2D eigenvalue weighted by Gasteiger charge is -2.29. The summed E-state index contributed by atoms with van der Waals surface area (Å²) in [4.78, 5) is 0. The molecule has 1 aliphatic carbocycles. The maximum Gasteiger partial charge on any atom is 0.124 e. The van der Waals surface area contributed by atoms with Gasteiger partial charge in [-0.1, -0.05) is 15.9 Å². The monoisotopic (exact) mass is 327 g/mol. The minimum atomic E-state index is -0.0330. The predicted octanol–water partition coefficient (Wildman–Crippen LogP) is 3.81. The molecular formula is C15H22BrNO2. The first-order chi connectivity index (χ1) is 9.10. The van der Waals surface area contributed by atoms with Gasteiger partial charge in [0, 0.05) is 29.6 Å². The van der Waals surface area contributed by atoms with Crippen LogP contribution in [0.4, 0.5) is 0 Å². The molecular weight excluding hydrogens is 306 g/mol. The highest BCUT2D eigenvalue weighted by molar-refractivity contribution is 9.10. The van der Waals surface area contributed by atoms with Crippen molar-refractivity contribution in [1.29, 1.82) is 0 Å². The minimum Gasteiger partial charge on any atom is -0.490 e. The van der Waals surface area contributed by atoms with Crippen LogP contribution >= 0.6 is 15.9 Å². The Labute approximate surface area is 123 Å². The molecule has 0 amide bonds. The standard InChI is InChI=1S/C15H22BrNO2/c1-10(17)14-8-11(16)6-7-15(14)19-13-5-3-4-12(9-13)18-2/h6-8,10,12-13H,3-5,9,17H2,1-2H3/t10-,12?,13?/m0/s1. The summed E-state index contributed by atoms with van der Waals surface area (Å²) in [7, 11) is 1.78. The second kappa shape index (κ2) is 6.73. The molecule has 1 aromatic rings. The fourth-order valence-electron chi connectivity index (χ4n) is 2.59. The lowest BCUT2D eigenvalue weighted by molar-refractivity contribution is 0.0206. The molecule has 1 aliphatic rings. The highest BCUT2D eigenvalue weighted by atomic mass is 79.9. The van der Waals surface area contributed by atoms with E-state index in [0.29, 0.717) is 6.10 Å².